The SMILES string of the molecule is CCCCCOc1ccc(P=C([O-])c2c(C)cccc2Cl)c(OCCCCC)c1. The molecule has 2 rings (SSSR count). The van der Waals surface area contributed by atoms with Crippen molar-refractivity contribution in [1.29, 1.82) is 0 Å². The second kappa shape index (κ2) is 12.9. The quantitative estimate of drug-likeness (QED) is 0.309. The molecule has 0 heterocycles. The van der Waals surface area contributed by atoms with Gasteiger partial charge in [0.1, 0.15) is 11.5 Å². The summed E-state index contributed by atoms with van der Waals surface area (Å²) in [6.45, 7) is 7.57. The van der Waals surface area contributed by atoms with Crippen molar-refractivity contribution in [3.05, 3.63) is 52.5 Å². The predicted molar refractivity (Wildman–Crippen MR) is 123 cm³/mol. The van der Waals surface area contributed by atoms with Crippen LogP contribution in [0.3, 0.4) is 0 Å². The molecule has 0 aliphatic rings. The zero-order valence-electron chi connectivity index (χ0n) is 17.7. The normalized spacial score (nSPS) is 11.6. The minimum Gasteiger partial charge on any atom is -0.823 e. The highest BCUT2D eigenvalue weighted by molar-refractivity contribution is 7.49. The molecule has 0 N–H and O–H groups in total. The second-order valence-corrected chi connectivity index (χ2v) is 8.61. The first-order chi connectivity index (χ1) is 14.1. The van der Waals surface area contributed by atoms with Gasteiger partial charge in [0.05, 0.1) is 13.2 Å². The molecule has 5 heteroatoms. The molecule has 2 aromatic rings. The fraction of sp³-hybridized carbons (Fsp3) is 0.458. The first-order valence-corrected chi connectivity index (χ1v) is 11.7. The molecule has 0 aliphatic carbocycles. The Morgan fingerprint density at radius 1 is 0.966 bits per heavy atom. The molecule has 0 atom stereocenters. The maximum Gasteiger partial charge on any atom is 0.134 e. The summed E-state index contributed by atoms with van der Waals surface area (Å²) in [4.78, 5) is 0. The van der Waals surface area contributed by atoms with E-state index in [9.17, 15) is 5.11 Å². The number of rotatable bonds is 12. The Morgan fingerprint density at radius 3 is 2.31 bits per heavy atom. The van der Waals surface area contributed by atoms with Crippen molar-refractivity contribution in [2.24, 2.45) is 0 Å². The Morgan fingerprint density at radius 2 is 1.66 bits per heavy atom. The summed E-state index contributed by atoms with van der Waals surface area (Å²) < 4.78 is 11.9. The van der Waals surface area contributed by atoms with Crippen molar-refractivity contribution in [2.45, 2.75) is 59.3 Å². The number of benzene rings is 2. The van der Waals surface area contributed by atoms with Gasteiger partial charge in [-0.1, -0.05) is 71.5 Å². The summed E-state index contributed by atoms with van der Waals surface area (Å²) in [6.07, 6.45) is 6.61. The minimum absolute atomic E-state index is 0.0249. The van der Waals surface area contributed by atoms with Crippen molar-refractivity contribution in [1.82, 2.24) is 0 Å². The Hall–Kier alpha value is -1.54. The standard InChI is InChI=1S/C24H32ClO3P/c1-4-6-8-15-27-19-13-14-22(21(17-19)28-16-9-7-5-2)29-24(26)23-18(3)11-10-12-20(23)25/h10-14,17,26H,4-9,15-16H2,1-3H3/p-1. The molecule has 0 fully saturated rings. The van der Waals surface area contributed by atoms with Gasteiger partial charge in [-0.05, 0) is 49.1 Å². The Kier molecular flexibility index (Phi) is 10.6. The fourth-order valence-electron chi connectivity index (χ4n) is 2.94. The van der Waals surface area contributed by atoms with E-state index in [0.29, 0.717) is 37.8 Å². The molecular weight excluding hydrogens is 403 g/mol. The van der Waals surface area contributed by atoms with E-state index in [4.69, 9.17) is 21.1 Å². The molecule has 0 amide bonds. The van der Waals surface area contributed by atoms with Crippen molar-refractivity contribution in [2.75, 3.05) is 13.2 Å². The van der Waals surface area contributed by atoms with Gasteiger partial charge in [0.2, 0.25) is 0 Å². The van der Waals surface area contributed by atoms with Crippen LogP contribution in [0.4, 0.5) is 0 Å². The maximum absolute atomic E-state index is 12.9. The molecule has 2 aromatic carbocycles. The van der Waals surface area contributed by atoms with Gasteiger partial charge < -0.3 is 14.6 Å². The van der Waals surface area contributed by atoms with E-state index >= 15 is 0 Å². The van der Waals surface area contributed by atoms with Gasteiger partial charge in [-0.25, -0.2) is 0 Å². The monoisotopic (exact) mass is 433 g/mol. The topological polar surface area (TPSA) is 41.5 Å². The molecule has 0 unspecified atom stereocenters. The van der Waals surface area contributed by atoms with Gasteiger partial charge in [-0.15, -0.1) is 5.48 Å². The highest BCUT2D eigenvalue weighted by atomic mass is 35.5. The first-order valence-electron chi connectivity index (χ1n) is 10.5. The Bertz CT molecular complexity index is 784. The fourth-order valence-corrected chi connectivity index (χ4v) is 4.33. The average Bonchev–Trinajstić information content (AvgIpc) is 2.70. The van der Waals surface area contributed by atoms with Crippen molar-refractivity contribution < 1.29 is 14.6 Å². The minimum atomic E-state index is -0.0249. The number of hydrogen-bond acceptors (Lipinski definition) is 3. The molecule has 0 saturated carbocycles. The first kappa shape index (κ1) is 23.7. The molecule has 0 radical (unpaired) electrons. The lowest BCUT2D eigenvalue weighted by Gasteiger charge is -2.18. The van der Waals surface area contributed by atoms with Crippen LogP contribution >= 0.6 is 19.8 Å². The smallest absolute Gasteiger partial charge is 0.134 e. The lowest BCUT2D eigenvalue weighted by molar-refractivity contribution is -0.207. The molecule has 0 saturated heterocycles. The van der Waals surface area contributed by atoms with Crippen LogP contribution in [0, 0.1) is 6.92 Å². The van der Waals surface area contributed by atoms with Crippen LogP contribution in [0.2, 0.25) is 5.02 Å². The average molecular weight is 434 g/mol. The number of aryl methyl sites for hydroxylation is 1. The van der Waals surface area contributed by atoms with E-state index in [2.05, 4.69) is 13.8 Å². The molecule has 0 bridgehead atoms. The van der Waals surface area contributed by atoms with Crippen molar-refractivity contribution >= 4 is 30.6 Å². The zero-order valence-corrected chi connectivity index (χ0v) is 19.3. The molecule has 29 heavy (non-hydrogen) atoms. The van der Waals surface area contributed by atoms with Crippen LogP contribution in [0.25, 0.3) is 0 Å². The maximum atomic E-state index is 12.9. The summed E-state index contributed by atoms with van der Waals surface area (Å²) in [5, 5.41) is 14.3. The second-order valence-electron chi connectivity index (χ2n) is 7.09. The van der Waals surface area contributed by atoms with Gasteiger partial charge >= 0.3 is 0 Å². The van der Waals surface area contributed by atoms with Crippen LogP contribution in [-0.4, -0.2) is 18.7 Å². The van der Waals surface area contributed by atoms with Gasteiger partial charge in [0, 0.05) is 16.4 Å². The van der Waals surface area contributed by atoms with E-state index in [0.717, 1.165) is 55.1 Å². The molecule has 3 nitrogen and oxygen atoms in total. The van der Waals surface area contributed by atoms with Gasteiger partial charge in [-0.3, -0.25) is 0 Å². The predicted octanol–water partition coefficient (Wildman–Crippen LogP) is 5.90. The van der Waals surface area contributed by atoms with Gasteiger partial charge in [0.25, 0.3) is 0 Å². The number of ether oxygens (including phenoxy) is 2. The Labute approximate surface area is 181 Å². The number of unbranched alkanes of at least 4 members (excludes halogenated alkanes) is 4. The summed E-state index contributed by atoms with van der Waals surface area (Å²) in [6, 6.07) is 11.3. The van der Waals surface area contributed by atoms with Crippen molar-refractivity contribution in [3.63, 3.8) is 0 Å². The van der Waals surface area contributed by atoms with E-state index in [-0.39, 0.29) is 5.48 Å². The molecule has 0 aliphatic heterocycles. The summed E-state index contributed by atoms with van der Waals surface area (Å²) >= 11 is 6.28. The summed E-state index contributed by atoms with van der Waals surface area (Å²) in [7, 11) is 0.553. The third-order valence-electron chi connectivity index (χ3n) is 4.61. The lowest BCUT2D eigenvalue weighted by Crippen LogP contribution is -2.20. The summed E-state index contributed by atoms with van der Waals surface area (Å²) in [5.74, 6) is 1.50. The highest BCUT2D eigenvalue weighted by Gasteiger charge is 2.08. The van der Waals surface area contributed by atoms with Crippen molar-refractivity contribution in [3.8, 4) is 11.5 Å². The van der Waals surface area contributed by atoms with E-state index < -0.39 is 0 Å². The van der Waals surface area contributed by atoms with Crippen LogP contribution < -0.4 is 19.9 Å². The zero-order chi connectivity index (χ0) is 21.1. The molecule has 0 aromatic heterocycles. The van der Waals surface area contributed by atoms with Crippen LogP contribution in [0.15, 0.2) is 36.4 Å². The molecule has 0 spiro atoms. The van der Waals surface area contributed by atoms with Crippen LogP contribution in [0.1, 0.15) is 63.5 Å². The Balaban J connectivity index is 2.25. The number of hydrogen-bond donors (Lipinski definition) is 0. The van der Waals surface area contributed by atoms with E-state index in [1.54, 1.807) is 6.07 Å². The van der Waals surface area contributed by atoms with E-state index in [1.165, 1.54) is 0 Å². The third kappa shape index (κ3) is 7.66. The third-order valence-corrected chi connectivity index (χ3v) is 5.96. The summed E-state index contributed by atoms with van der Waals surface area (Å²) in [5.41, 5.74) is 1.44. The van der Waals surface area contributed by atoms with Gasteiger partial charge in [0.15, 0.2) is 0 Å². The number of halogens is 1. The highest BCUT2D eigenvalue weighted by Crippen LogP contribution is 2.26. The molecular formula is C24H31ClO3P-. The van der Waals surface area contributed by atoms with E-state index in [1.807, 2.05) is 37.3 Å². The van der Waals surface area contributed by atoms with Crippen LogP contribution in [0.5, 0.6) is 11.5 Å². The largest absolute Gasteiger partial charge is 0.823 e. The van der Waals surface area contributed by atoms with Gasteiger partial charge in [-0.2, -0.15) is 0 Å². The van der Waals surface area contributed by atoms with Crippen LogP contribution in [-0.2, 0) is 0 Å². The lowest BCUT2D eigenvalue weighted by atomic mass is 10.1. The molecule has 158 valence electrons.